The second-order valence-electron chi connectivity index (χ2n) is 3.75. The van der Waals surface area contributed by atoms with E-state index < -0.39 is 36.0 Å². The molecule has 0 saturated heterocycles. The molecule has 0 aromatic rings. The van der Waals surface area contributed by atoms with Crippen LogP contribution in [0.15, 0.2) is 0 Å². The average molecular weight is 454 g/mol. The van der Waals surface area contributed by atoms with Gasteiger partial charge in [-0.2, -0.15) is 0 Å². The first kappa shape index (κ1) is 43.8. The van der Waals surface area contributed by atoms with Crippen molar-refractivity contribution >= 4 is 23.9 Å². The third-order valence-electron chi connectivity index (χ3n) is 1.97. The van der Waals surface area contributed by atoms with Crippen LogP contribution in [0.2, 0.25) is 0 Å². The van der Waals surface area contributed by atoms with Gasteiger partial charge in [0.15, 0.2) is 0 Å². The minimum atomic E-state index is -1.17. The molecule has 0 aliphatic rings. The van der Waals surface area contributed by atoms with E-state index in [0.717, 1.165) is 0 Å². The van der Waals surface area contributed by atoms with Crippen LogP contribution in [0.25, 0.3) is 0 Å². The first-order chi connectivity index (χ1) is 9.07. The summed E-state index contributed by atoms with van der Waals surface area (Å²) in [4.78, 5) is 39.7. The Balaban J connectivity index is -0.0000000432. The average Bonchev–Trinajstić information content (AvgIpc) is 2.33. The van der Waals surface area contributed by atoms with E-state index in [1.54, 1.807) is 0 Å². The number of carboxylic acids is 4. The number of carboxylic acid groups (broad SMARTS) is 4. The van der Waals surface area contributed by atoms with Gasteiger partial charge in [-0.1, -0.05) is 0 Å². The Kier molecular flexibility index (Phi) is 43.7. The number of carbonyl (C=O) groups is 4. The number of rotatable bonds is 8. The zero-order valence-corrected chi connectivity index (χ0v) is 14.7. The van der Waals surface area contributed by atoms with E-state index in [4.69, 9.17) is 31.9 Å². The Labute approximate surface area is 163 Å². The molecule has 0 amide bonds. The maximum Gasteiger partial charge on any atom is 3.00 e. The SMILES string of the molecule is N[C@@H](CCC(=O)O)C(=O)O.N[C@@H](CCC(=O)O)C(=O)O.[Fe+3].[Fe+3].[O-2].[O-2].[O-2]. The van der Waals surface area contributed by atoms with Crippen LogP contribution in [0, 0.1) is 0 Å². The monoisotopic (exact) mass is 454 g/mol. The van der Waals surface area contributed by atoms with E-state index in [1.165, 1.54) is 0 Å². The fourth-order valence-electron chi connectivity index (χ4n) is 0.805. The molecular weight excluding hydrogens is 436 g/mol. The van der Waals surface area contributed by atoms with Crippen molar-refractivity contribution in [1.29, 1.82) is 0 Å². The molecule has 15 heteroatoms. The molecular formula is C10H18Fe2N2O11. The maximum absolute atomic E-state index is 9.99. The fourth-order valence-corrected chi connectivity index (χ4v) is 0.805. The molecule has 150 valence electrons. The van der Waals surface area contributed by atoms with Crippen molar-refractivity contribution in [3.05, 3.63) is 0 Å². The Morgan fingerprint density at radius 1 is 0.640 bits per heavy atom. The molecule has 2 atom stereocenters. The first-order valence-corrected chi connectivity index (χ1v) is 5.48. The molecule has 0 saturated carbocycles. The minimum Gasteiger partial charge on any atom is -2.00 e. The van der Waals surface area contributed by atoms with Crippen molar-refractivity contribution in [2.45, 2.75) is 37.8 Å². The van der Waals surface area contributed by atoms with Gasteiger partial charge in [0.2, 0.25) is 0 Å². The van der Waals surface area contributed by atoms with E-state index in [1.807, 2.05) is 0 Å². The first-order valence-electron chi connectivity index (χ1n) is 5.48. The Morgan fingerprint density at radius 3 is 0.960 bits per heavy atom. The van der Waals surface area contributed by atoms with Gasteiger partial charge in [0.25, 0.3) is 0 Å². The molecule has 0 bridgehead atoms. The van der Waals surface area contributed by atoms with Crippen molar-refractivity contribution in [3.8, 4) is 0 Å². The number of nitrogens with two attached hydrogens (primary N) is 2. The van der Waals surface area contributed by atoms with Gasteiger partial charge < -0.3 is 48.3 Å². The molecule has 0 heterocycles. The van der Waals surface area contributed by atoms with Gasteiger partial charge >= 0.3 is 58.0 Å². The van der Waals surface area contributed by atoms with Gasteiger partial charge in [-0.05, 0) is 12.8 Å². The summed E-state index contributed by atoms with van der Waals surface area (Å²) in [6.45, 7) is 0. The summed E-state index contributed by atoms with van der Waals surface area (Å²) < 4.78 is 0. The normalized spacial score (nSPS) is 10.0. The Hall–Kier alpha value is -1.28. The van der Waals surface area contributed by atoms with Gasteiger partial charge in [0.1, 0.15) is 12.1 Å². The number of hydrogen-bond acceptors (Lipinski definition) is 6. The molecule has 0 spiro atoms. The van der Waals surface area contributed by atoms with E-state index >= 15 is 0 Å². The minimum absolute atomic E-state index is 0. The molecule has 0 unspecified atom stereocenters. The van der Waals surface area contributed by atoms with Crippen molar-refractivity contribution < 1.29 is 90.2 Å². The molecule has 13 nitrogen and oxygen atoms in total. The predicted molar refractivity (Wildman–Crippen MR) is 67.0 cm³/mol. The molecule has 0 aliphatic carbocycles. The quantitative estimate of drug-likeness (QED) is 0.223. The molecule has 0 aromatic heterocycles. The van der Waals surface area contributed by atoms with Crippen molar-refractivity contribution in [1.82, 2.24) is 0 Å². The zero-order valence-electron chi connectivity index (χ0n) is 12.5. The van der Waals surface area contributed by atoms with Crippen molar-refractivity contribution in [3.63, 3.8) is 0 Å². The van der Waals surface area contributed by atoms with Crippen LogP contribution in [-0.4, -0.2) is 56.4 Å². The van der Waals surface area contributed by atoms with Gasteiger partial charge in [-0.25, -0.2) is 0 Å². The molecule has 0 fully saturated rings. The number of aliphatic carboxylic acids is 4. The van der Waals surface area contributed by atoms with Crippen molar-refractivity contribution in [2.24, 2.45) is 11.5 Å². The summed E-state index contributed by atoms with van der Waals surface area (Å²) in [5.41, 5.74) is 10.0. The molecule has 0 aliphatic heterocycles. The summed E-state index contributed by atoms with van der Waals surface area (Å²) in [5, 5.41) is 32.5. The van der Waals surface area contributed by atoms with Crippen molar-refractivity contribution in [2.75, 3.05) is 0 Å². The van der Waals surface area contributed by atoms with Crippen LogP contribution in [0.1, 0.15) is 25.7 Å². The summed E-state index contributed by atoms with van der Waals surface area (Å²) in [7, 11) is 0. The molecule has 0 rings (SSSR count). The third-order valence-corrected chi connectivity index (χ3v) is 1.97. The summed E-state index contributed by atoms with van der Waals surface area (Å²) in [6.07, 6.45) is -0.448. The van der Waals surface area contributed by atoms with E-state index in [9.17, 15) is 19.2 Å². The number of hydrogen-bond donors (Lipinski definition) is 6. The molecule has 25 heavy (non-hydrogen) atoms. The Bertz CT molecular complexity index is 337. The van der Waals surface area contributed by atoms with E-state index in [-0.39, 0.29) is 76.2 Å². The molecule has 2 radical (unpaired) electrons. The molecule has 0 aromatic carbocycles. The van der Waals surface area contributed by atoms with Crippen LogP contribution in [-0.2, 0) is 69.7 Å². The van der Waals surface area contributed by atoms with Gasteiger partial charge in [-0.15, -0.1) is 0 Å². The smallest absolute Gasteiger partial charge is 2.00 e. The van der Waals surface area contributed by atoms with Gasteiger partial charge in [0, 0.05) is 12.8 Å². The van der Waals surface area contributed by atoms with Crippen LogP contribution >= 0.6 is 0 Å². The summed E-state index contributed by atoms with van der Waals surface area (Å²) in [5.74, 6) is -4.39. The van der Waals surface area contributed by atoms with E-state index in [2.05, 4.69) is 0 Å². The summed E-state index contributed by atoms with van der Waals surface area (Å²) >= 11 is 0. The maximum atomic E-state index is 9.99. The van der Waals surface area contributed by atoms with Crippen LogP contribution < -0.4 is 11.5 Å². The topological polar surface area (TPSA) is 287 Å². The van der Waals surface area contributed by atoms with Crippen LogP contribution in [0.5, 0.6) is 0 Å². The second-order valence-corrected chi connectivity index (χ2v) is 3.75. The Morgan fingerprint density at radius 2 is 0.840 bits per heavy atom. The van der Waals surface area contributed by atoms with Gasteiger partial charge in [-0.3, -0.25) is 19.2 Å². The van der Waals surface area contributed by atoms with Gasteiger partial charge in [0.05, 0.1) is 0 Å². The predicted octanol–water partition coefficient (Wildman–Crippen LogP) is -1.84. The van der Waals surface area contributed by atoms with Crippen LogP contribution in [0.3, 0.4) is 0 Å². The van der Waals surface area contributed by atoms with E-state index in [0.29, 0.717) is 0 Å². The fraction of sp³-hybridized carbons (Fsp3) is 0.600. The van der Waals surface area contributed by atoms with Crippen LogP contribution in [0.4, 0.5) is 0 Å². The summed E-state index contributed by atoms with van der Waals surface area (Å²) in [6, 6.07) is -2.12. The largest absolute Gasteiger partial charge is 3.00 e. The third kappa shape index (κ3) is 34.9. The second kappa shape index (κ2) is 25.0. The standard InChI is InChI=1S/2C5H9NO4.2Fe.3O/c2*6-3(5(9)10)1-2-4(7)8;;;;;/h2*3H,1-2,6H2,(H,7,8)(H,9,10);;;;;/q;;2*+3;3*-2/t2*3-;;;;;/m00...../s1. The molecule has 8 N–H and O–H groups in total. The zero-order chi connectivity index (χ0) is 16.3.